The number of pyridine rings is 1. The van der Waals surface area contributed by atoms with Gasteiger partial charge in [-0.2, -0.15) is 0 Å². The topological polar surface area (TPSA) is 73.8 Å². The summed E-state index contributed by atoms with van der Waals surface area (Å²) in [5.74, 6) is 0.815. The van der Waals surface area contributed by atoms with Crippen molar-refractivity contribution >= 4 is 16.9 Å². The molecule has 0 spiro atoms. The maximum absolute atomic E-state index is 8.78. The van der Waals surface area contributed by atoms with Crippen LogP contribution in [0.15, 0.2) is 36.5 Å². The molecule has 0 unspecified atom stereocenters. The maximum atomic E-state index is 8.78. The molecule has 2 aromatic heterocycles. The predicted octanol–water partition coefficient (Wildman–Crippen LogP) is 2.34. The number of benzene rings is 1. The van der Waals surface area contributed by atoms with E-state index in [9.17, 15) is 0 Å². The van der Waals surface area contributed by atoms with E-state index in [1.807, 2.05) is 37.3 Å². The number of fused-ring (bicyclic) bond motifs is 1. The fourth-order valence-electron chi connectivity index (χ4n) is 2.12. The molecule has 5 nitrogen and oxygen atoms in total. The lowest BCUT2D eigenvalue weighted by atomic mass is 10.2. The number of aryl methyl sites for hydroxylation is 1. The van der Waals surface area contributed by atoms with E-state index in [2.05, 4.69) is 20.3 Å². The van der Waals surface area contributed by atoms with Crippen molar-refractivity contribution in [2.45, 2.75) is 6.92 Å². The van der Waals surface area contributed by atoms with E-state index in [1.165, 1.54) is 0 Å². The van der Waals surface area contributed by atoms with Crippen LogP contribution < -0.4 is 5.32 Å². The molecule has 2 heterocycles. The van der Waals surface area contributed by atoms with Crippen molar-refractivity contribution in [1.29, 1.82) is 0 Å². The van der Waals surface area contributed by atoms with E-state index >= 15 is 0 Å². The third kappa shape index (κ3) is 2.35. The lowest BCUT2D eigenvalue weighted by Crippen LogP contribution is -2.04. The zero-order chi connectivity index (χ0) is 13.9. The van der Waals surface area contributed by atoms with Gasteiger partial charge in [0.2, 0.25) is 0 Å². The summed E-state index contributed by atoms with van der Waals surface area (Å²) in [4.78, 5) is 12.1. The first kappa shape index (κ1) is 12.6. The standard InChI is InChI=1S/C15H16N4O/c1-10-6-7-17-15-13(10)18-14(19-15)11-2-4-12(5-3-11)16-8-9-20/h2-7,16,20H,8-9H2,1H3,(H,17,18,19). The molecule has 0 aliphatic heterocycles. The Bertz CT molecular complexity index is 718. The van der Waals surface area contributed by atoms with E-state index < -0.39 is 0 Å². The van der Waals surface area contributed by atoms with Gasteiger partial charge < -0.3 is 15.4 Å². The second-order valence-electron chi connectivity index (χ2n) is 4.64. The van der Waals surface area contributed by atoms with Crippen molar-refractivity contribution in [3.63, 3.8) is 0 Å². The zero-order valence-corrected chi connectivity index (χ0v) is 11.2. The number of aromatic nitrogens is 3. The molecule has 0 aliphatic carbocycles. The van der Waals surface area contributed by atoms with Crippen LogP contribution in [-0.4, -0.2) is 33.2 Å². The number of H-pyrrole nitrogens is 1. The Morgan fingerprint density at radius 2 is 2.00 bits per heavy atom. The average molecular weight is 268 g/mol. The van der Waals surface area contributed by atoms with Crippen LogP contribution in [0.3, 0.4) is 0 Å². The fourth-order valence-corrected chi connectivity index (χ4v) is 2.12. The molecule has 20 heavy (non-hydrogen) atoms. The Hall–Kier alpha value is -2.40. The van der Waals surface area contributed by atoms with Gasteiger partial charge in [0, 0.05) is 24.0 Å². The molecule has 3 aromatic rings. The molecule has 102 valence electrons. The van der Waals surface area contributed by atoms with Crippen LogP contribution >= 0.6 is 0 Å². The van der Waals surface area contributed by atoms with E-state index in [0.717, 1.165) is 33.8 Å². The van der Waals surface area contributed by atoms with Gasteiger partial charge in [-0.3, -0.25) is 0 Å². The zero-order valence-electron chi connectivity index (χ0n) is 11.2. The second kappa shape index (κ2) is 5.30. The quantitative estimate of drug-likeness (QED) is 0.679. The summed E-state index contributed by atoms with van der Waals surface area (Å²) in [6.45, 7) is 2.71. The number of hydrogen-bond acceptors (Lipinski definition) is 4. The van der Waals surface area contributed by atoms with Gasteiger partial charge >= 0.3 is 0 Å². The number of aromatic amines is 1. The molecule has 3 rings (SSSR count). The third-order valence-corrected chi connectivity index (χ3v) is 3.20. The van der Waals surface area contributed by atoms with Gasteiger partial charge in [-0.1, -0.05) is 0 Å². The van der Waals surface area contributed by atoms with Crippen LogP contribution in [0.4, 0.5) is 5.69 Å². The number of nitrogens with one attached hydrogen (secondary N) is 2. The monoisotopic (exact) mass is 268 g/mol. The van der Waals surface area contributed by atoms with Gasteiger partial charge in [0.1, 0.15) is 5.82 Å². The number of anilines is 1. The van der Waals surface area contributed by atoms with Crippen molar-refractivity contribution in [1.82, 2.24) is 15.0 Å². The first-order valence-electron chi connectivity index (χ1n) is 6.54. The molecule has 0 saturated heterocycles. The highest BCUT2D eigenvalue weighted by molar-refractivity contribution is 5.78. The second-order valence-corrected chi connectivity index (χ2v) is 4.64. The summed E-state index contributed by atoms with van der Waals surface area (Å²) in [6, 6.07) is 9.89. The highest BCUT2D eigenvalue weighted by Crippen LogP contribution is 2.22. The number of rotatable bonds is 4. The summed E-state index contributed by atoms with van der Waals surface area (Å²) in [7, 11) is 0. The molecular weight excluding hydrogens is 252 g/mol. The van der Waals surface area contributed by atoms with Crippen molar-refractivity contribution in [2.24, 2.45) is 0 Å². The highest BCUT2D eigenvalue weighted by Gasteiger charge is 2.07. The molecule has 3 N–H and O–H groups in total. The minimum atomic E-state index is 0.121. The van der Waals surface area contributed by atoms with Crippen LogP contribution in [0.5, 0.6) is 0 Å². The summed E-state index contributed by atoms with van der Waals surface area (Å²) >= 11 is 0. The molecule has 0 atom stereocenters. The molecule has 0 amide bonds. The van der Waals surface area contributed by atoms with Gasteiger partial charge in [0.05, 0.1) is 12.1 Å². The van der Waals surface area contributed by atoms with E-state index in [0.29, 0.717) is 6.54 Å². The minimum absolute atomic E-state index is 0.121. The third-order valence-electron chi connectivity index (χ3n) is 3.20. The normalized spacial score (nSPS) is 10.9. The van der Waals surface area contributed by atoms with Gasteiger partial charge in [0.15, 0.2) is 5.65 Å². The van der Waals surface area contributed by atoms with E-state index in [1.54, 1.807) is 6.20 Å². The summed E-state index contributed by atoms with van der Waals surface area (Å²) < 4.78 is 0. The minimum Gasteiger partial charge on any atom is -0.395 e. The van der Waals surface area contributed by atoms with E-state index in [4.69, 9.17) is 5.11 Å². The summed E-state index contributed by atoms with van der Waals surface area (Å²) in [5.41, 5.74) is 4.84. The molecule has 0 fully saturated rings. The summed E-state index contributed by atoms with van der Waals surface area (Å²) in [5, 5.41) is 11.9. The molecule has 5 heteroatoms. The average Bonchev–Trinajstić information content (AvgIpc) is 2.91. The molecule has 0 aliphatic rings. The first-order valence-corrected chi connectivity index (χ1v) is 6.54. The maximum Gasteiger partial charge on any atom is 0.178 e. The molecule has 1 aromatic carbocycles. The molecule has 0 bridgehead atoms. The van der Waals surface area contributed by atoms with Crippen LogP contribution in [-0.2, 0) is 0 Å². The number of imidazole rings is 1. The predicted molar refractivity (Wildman–Crippen MR) is 79.6 cm³/mol. The van der Waals surface area contributed by atoms with Gasteiger partial charge in [-0.15, -0.1) is 0 Å². The van der Waals surface area contributed by atoms with Crippen LogP contribution in [0, 0.1) is 6.92 Å². The number of aliphatic hydroxyl groups is 1. The van der Waals surface area contributed by atoms with Crippen molar-refractivity contribution < 1.29 is 5.11 Å². The number of hydrogen-bond donors (Lipinski definition) is 3. The fraction of sp³-hybridized carbons (Fsp3) is 0.200. The molecule has 0 saturated carbocycles. The Labute approximate surface area is 116 Å². The molecule has 0 radical (unpaired) electrons. The van der Waals surface area contributed by atoms with Crippen LogP contribution in [0.1, 0.15) is 5.56 Å². The lowest BCUT2D eigenvalue weighted by molar-refractivity contribution is 0.311. The van der Waals surface area contributed by atoms with Crippen molar-refractivity contribution in [3.05, 3.63) is 42.1 Å². The van der Waals surface area contributed by atoms with Crippen molar-refractivity contribution in [3.8, 4) is 11.4 Å². The van der Waals surface area contributed by atoms with Gasteiger partial charge in [-0.05, 0) is 42.8 Å². The van der Waals surface area contributed by atoms with Gasteiger partial charge in [-0.25, -0.2) is 9.97 Å². The number of nitrogens with zero attached hydrogens (tertiary/aromatic N) is 2. The SMILES string of the molecule is Cc1ccnc2nc(-c3ccc(NCCO)cc3)[nH]c12. The van der Waals surface area contributed by atoms with E-state index in [-0.39, 0.29) is 6.61 Å². The highest BCUT2D eigenvalue weighted by atomic mass is 16.3. The van der Waals surface area contributed by atoms with Gasteiger partial charge in [0.25, 0.3) is 0 Å². The Kier molecular flexibility index (Phi) is 3.35. The lowest BCUT2D eigenvalue weighted by Gasteiger charge is -2.04. The number of aliphatic hydroxyl groups excluding tert-OH is 1. The Balaban J connectivity index is 1.92. The summed E-state index contributed by atoms with van der Waals surface area (Å²) in [6.07, 6.45) is 1.77. The Morgan fingerprint density at radius 3 is 2.70 bits per heavy atom. The largest absolute Gasteiger partial charge is 0.395 e. The van der Waals surface area contributed by atoms with Crippen molar-refractivity contribution in [2.75, 3.05) is 18.5 Å². The smallest absolute Gasteiger partial charge is 0.178 e. The van der Waals surface area contributed by atoms with Crippen LogP contribution in [0.2, 0.25) is 0 Å². The van der Waals surface area contributed by atoms with Crippen LogP contribution in [0.25, 0.3) is 22.6 Å². The molecular formula is C15H16N4O. The Morgan fingerprint density at radius 1 is 1.20 bits per heavy atom. The first-order chi connectivity index (χ1) is 9.78.